The van der Waals surface area contributed by atoms with Crippen molar-refractivity contribution in [2.24, 2.45) is 0 Å². The molecule has 3 nitrogen and oxygen atoms in total. The topological polar surface area (TPSA) is 46.3 Å². The summed E-state index contributed by atoms with van der Waals surface area (Å²) >= 11 is 0. The summed E-state index contributed by atoms with van der Waals surface area (Å²) < 4.78 is 0. The highest BCUT2D eigenvalue weighted by molar-refractivity contribution is 5.94. The SMILES string of the molecule is CCCCN(C)C(=O)c1ccc(N)c(C)c1. The van der Waals surface area contributed by atoms with Gasteiger partial charge in [-0.15, -0.1) is 0 Å². The Morgan fingerprint density at radius 1 is 1.44 bits per heavy atom. The Labute approximate surface area is 97.2 Å². The first-order chi connectivity index (χ1) is 7.56. The van der Waals surface area contributed by atoms with E-state index in [0.29, 0.717) is 5.56 Å². The Bertz CT molecular complexity index is 374. The maximum absolute atomic E-state index is 12.0. The maximum Gasteiger partial charge on any atom is 0.253 e. The van der Waals surface area contributed by atoms with E-state index in [0.717, 1.165) is 30.6 Å². The molecule has 0 saturated heterocycles. The van der Waals surface area contributed by atoms with Gasteiger partial charge in [-0.3, -0.25) is 4.79 Å². The van der Waals surface area contributed by atoms with Crippen molar-refractivity contribution in [3.8, 4) is 0 Å². The first kappa shape index (κ1) is 12.6. The lowest BCUT2D eigenvalue weighted by atomic mass is 10.1. The molecular formula is C13H20N2O. The van der Waals surface area contributed by atoms with E-state index >= 15 is 0 Å². The van der Waals surface area contributed by atoms with Crippen LogP contribution in [0.1, 0.15) is 35.7 Å². The Morgan fingerprint density at radius 3 is 2.69 bits per heavy atom. The van der Waals surface area contributed by atoms with E-state index < -0.39 is 0 Å². The summed E-state index contributed by atoms with van der Waals surface area (Å²) in [6.07, 6.45) is 2.13. The molecule has 0 aliphatic carbocycles. The molecule has 1 aromatic carbocycles. The van der Waals surface area contributed by atoms with Gasteiger partial charge in [-0.25, -0.2) is 0 Å². The molecule has 0 atom stereocenters. The van der Waals surface area contributed by atoms with Gasteiger partial charge in [0.05, 0.1) is 0 Å². The zero-order chi connectivity index (χ0) is 12.1. The highest BCUT2D eigenvalue weighted by Crippen LogP contribution is 2.14. The van der Waals surface area contributed by atoms with Crippen LogP contribution in [-0.2, 0) is 0 Å². The van der Waals surface area contributed by atoms with Gasteiger partial charge in [0.15, 0.2) is 0 Å². The Kier molecular flexibility index (Phi) is 4.35. The largest absolute Gasteiger partial charge is 0.399 e. The summed E-state index contributed by atoms with van der Waals surface area (Å²) in [5, 5.41) is 0. The van der Waals surface area contributed by atoms with E-state index in [4.69, 9.17) is 5.73 Å². The number of hydrogen-bond acceptors (Lipinski definition) is 2. The van der Waals surface area contributed by atoms with Crippen molar-refractivity contribution < 1.29 is 4.79 Å². The molecule has 1 amide bonds. The summed E-state index contributed by atoms with van der Waals surface area (Å²) in [5.74, 6) is 0.0663. The zero-order valence-corrected chi connectivity index (χ0v) is 10.3. The molecular weight excluding hydrogens is 200 g/mol. The van der Waals surface area contributed by atoms with Crippen LogP contribution in [0.15, 0.2) is 18.2 Å². The number of hydrogen-bond donors (Lipinski definition) is 1. The summed E-state index contributed by atoms with van der Waals surface area (Å²) in [4.78, 5) is 13.8. The van der Waals surface area contributed by atoms with Crippen LogP contribution in [0.5, 0.6) is 0 Å². The molecule has 0 saturated carbocycles. The van der Waals surface area contributed by atoms with Crippen molar-refractivity contribution in [3.05, 3.63) is 29.3 Å². The predicted molar refractivity (Wildman–Crippen MR) is 67.5 cm³/mol. The van der Waals surface area contributed by atoms with Crippen LogP contribution >= 0.6 is 0 Å². The van der Waals surface area contributed by atoms with Crippen molar-refractivity contribution in [2.45, 2.75) is 26.7 Å². The smallest absolute Gasteiger partial charge is 0.253 e. The van der Waals surface area contributed by atoms with Crippen LogP contribution in [0.2, 0.25) is 0 Å². The number of carbonyl (C=O) groups excluding carboxylic acids is 1. The van der Waals surface area contributed by atoms with Crippen molar-refractivity contribution in [3.63, 3.8) is 0 Å². The molecule has 1 aromatic rings. The minimum atomic E-state index is 0.0663. The van der Waals surface area contributed by atoms with Gasteiger partial charge in [-0.1, -0.05) is 13.3 Å². The van der Waals surface area contributed by atoms with E-state index in [1.54, 1.807) is 17.0 Å². The van der Waals surface area contributed by atoms with Gasteiger partial charge in [0.2, 0.25) is 0 Å². The molecule has 0 aliphatic rings. The zero-order valence-electron chi connectivity index (χ0n) is 10.3. The minimum Gasteiger partial charge on any atom is -0.399 e. The van der Waals surface area contributed by atoms with Gasteiger partial charge in [0.1, 0.15) is 0 Å². The van der Waals surface area contributed by atoms with Crippen molar-refractivity contribution >= 4 is 11.6 Å². The molecule has 0 spiro atoms. The maximum atomic E-state index is 12.0. The molecule has 2 N–H and O–H groups in total. The van der Waals surface area contributed by atoms with E-state index in [1.165, 1.54) is 0 Å². The van der Waals surface area contributed by atoms with Gasteiger partial charge in [-0.05, 0) is 37.1 Å². The third kappa shape index (κ3) is 2.99. The minimum absolute atomic E-state index is 0.0663. The van der Waals surface area contributed by atoms with Crippen molar-refractivity contribution in [1.82, 2.24) is 4.90 Å². The Morgan fingerprint density at radius 2 is 2.12 bits per heavy atom. The van der Waals surface area contributed by atoms with E-state index in [-0.39, 0.29) is 5.91 Å². The van der Waals surface area contributed by atoms with E-state index in [9.17, 15) is 4.79 Å². The summed E-state index contributed by atoms with van der Waals surface area (Å²) in [6, 6.07) is 5.42. The second-order valence-electron chi connectivity index (χ2n) is 4.15. The number of nitrogen functional groups attached to an aromatic ring is 1. The van der Waals surface area contributed by atoms with Crippen LogP contribution < -0.4 is 5.73 Å². The number of benzene rings is 1. The highest BCUT2D eigenvalue weighted by atomic mass is 16.2. The number of rotatable bonds is 4. The highest BCUT2D eigenvalue weighted by Gasteiger charge is 2.11. The average molecular weight is 220 g/mol. The fourth-order valence-corrected chi connectivity index (χ4v) is 1.53. The lowest BCUT2D eigenvalue weighted by Crippen LogP contribution is -2.27. The van der Waals surface area contributed by atoms with Crippen LogP contribution in [0.3, 0.4) is 0 Å². The Hall–Kier alpha value is -1.51. The van der Waals surface area contributed by atoms with Crippen LogP contribution in [0, 0.1) is 6.92 Å². The number of unbranched alkanes of at least 4 members (excludes halogenated alkanes) is 1. The van der Waals surface area contributed by atoms with Gasteiger partial charge in [0.25, 0.3) is 5.91 Å². The van der Waals surface area contributed by atoms with Crippen LogP contribution in [0.4, 0.5) is 5.69 Å². The molecule has 16 heavy (non-hydrogen) atoms. The lowest BCUT2D eigenvalue weighted by Gasteiger charge is -2.17. The number of carbonyl (C=O) groups is 1. The van der Waals surface area contributed by atoms with Crippen molar-refractivity contribution in [2.75, 3.05) is 19.3 Å². The third-order valence-corrected chi connectivity index (χ3v) is 2.71. The Balaban J connectivity index is 2.76. The predicted octanol–water partition coefficient (Wildman–Crippen LogP) is 2.45. The monoisotopic (exact) mass is 220 g/mol. The molecule has 0 fully saturated rings. The summed E-state index contributed by atoms with van der Waals surface area (Å²) in [5.41, 5.74) is 8.12. The average Bonchev–Trinajstić information content (AvgIpc) is 2.28. The van der Waals surface area contributed by atoms with E-state index in [2.05, 4.69) is 6.92 Å². The first-order valence-electron chi connectivity index (χ1n) is 5.67. The molecule has 0 aromatic heterocycles. The number of amides is 1. The second-order valence-corrected chi connectivity index (χ2v) is 4.15. The lowest BCUT2D eigenvalue weighted by molar-refractivity contribution is 0.0793. The quantitative estimate of drug-likeness (QED) is 0.792. The summed E-state index contributed by atoms with van der Waals surface area (Å²) in [7, 11) is 1.84. The molecule has 0 unspecified atom stereocenters. The van der Waals surface area contributed by atoms with Crippen LogP contribution in [0.25, 0.3) is 0 Å². The first-order valence-corrected chi connectivity index (χ1v) is 5.67. The second kappa shape index (κ2) is 5.54. The molecule has 88 valence electrons. The fraction of sp³-hybridized carbons (Fsp3) is 0.462. The number of aryl methyl sites for hydroxylation is 1. The molecule has 0 heterocycles. The number of nitrogens with zero attached hydrogens (tertiary/aromatic N) is 1. The normalized spacial score (nSPS) is 10.2. The number of anilines is 1. The van der Waals surface area contributed by atoms with Crippen LogP contribution in [-0.4, -0.2) is 24.4 Å². The fourth-order valence-electron chi connectivity index (χ4n) is 1.53. The molecule has 3 heteroatoms. The standard InChI is InChI=1S/C13H20N2O/c1-4-5-8-15(3)13(16)11-6-7-12(14)10(2)9-11/h6-7,9H,4-5,8,14H2,1-3H3. The molecule has 0 bridgehead atoms. The molecule has 0 aliphatic heterocycles. The summed E-state index contributed by atoms with van der Waals surface area (Å²) in [6.45, 7) is 4.84. The van der Waals surface area contributed by atoms with Gasteiger partial charge < -0.3 is 10.6 Å². The number of nitrogens with two attached hydrogens (primary N) is 1. The molecule has 0 radical (unpaired) electrons. The van der Waals surface area contributed by atoms with Gasteiger partial charge >= 0.3 is 0 Å². The van der Waals surface area contributed by atoms with Crippen molar-refractivity contribution in [1.29, 1.82) is 0 Å². The van der Waals surface area contributed by atoms with Gasteiger partial charge in [-0.2, -0.15) is 0 Å². The third-order valence-electron chi connectivity index (χ3n) is 2.71. The molecule has 1 rings (SSSR count). The van der Waals surface area contributed by atoms with E-state index in [1.807, 2.05) is 20.0 Å². The van der Waals surface area contributed by atoms with Gasteiger partial charge in [0, 0.05) is 24.8 Å².